The van der Waals surface area contributed by atoms with Gasteiger partial charge in [0.05, 0.1) is 25.2 Å². The van der Waals surface area contributed by atoms with E-state index in [0.29, 0.717) is 17.2 Å². The monoisotopic (exact) mass is 380 g/mol. The largest absolute Gasteiger partial charge is 0.493 e. The topological polar surface area (TPSA) is 78.3 Å². The molecule has 0 saturated heterocycles. The minimum Gasteiger partial charge on any atom is -0.493 e. The molecule has 2 heterocycles. The Balaban J connectivity index is 1.65. The zero-order valence-corrected chi connectivity index (χ0v) is 16.5. The number of aromatic nitrogens is 3. The van der Waals surface area contributed by atoms with Gasteiger partial charge in [-0.2, -0.15) is 5.10 Å². The highest BCUT2D eigenvalue weighted by Gasteiger charge is 2.11. The summed E-state index contributed by atoms with van der Waals surface area (Å²) in [5, 5.41) is 7.99. The van der Waals surface area contributed by atoms with Gasteiger partial charge in [-0.05, 0) is 44.5 Å². The molecule has 7 heteroatoms. The standard InChI is InChI=1S/C21H24N4O3/c1-5-6-15-7-8-18(19(9-15)27-4)28-13-20(26)24-17-10-16-11-23-25(14(2)3)21(16)22-12-17/h5-12,14H,13H2,1-4H3,(H,24,26)/b6-5-. The first kappa shape index (κ1) is 19.4. The molecule has 146 valence electrons. The number of carbonyl (C=O) groups is 1. The molecule has 1 amide bonds. The van der Waals surface area contributed by atoms with Crippen molar-refractivity contribution >= 4 is 28.7 Å². The van der Waals surface area contributed by atoms with Crippen molar-refractivity contribution in [2.24, 2.45) is 0 Å². The van der Waals surface area contributed by atoms with E-state index in [4.69, 9.17) is 9.47 Å². The SMILES string of the molecule is C/C=C\c1ccc(OCC(=O)Nc2cnc3c(cnn3C(C)C)c2)c(OC)c1. The van der Waals surface area contributed by atoms with E-state index in [9.17, 15) is 4.79 Å². The number of nitrogens with zero attached hydrogens (tertiary/aromatic N) is 3. The molecule has 3 aromatic rings. The van der Waals surface area contributed by atoms with Crippen LogP contribution in [0.2, 0.25) is 0 Å². The average molecular weight is 380 g/mol. The van der Waals surface area contributed by atoms with E-state index in [1.165, 1.54) is 0 Å². The molecule has 0 aliphatic carbocycles. The molecule has 0 aliphatic heterocycles. The maximum Gasteiger partial charge on any atom is 0.262 e. The van der Waals surface area contributed by atoms with Crippen LogP contribution in [0.25, 0.3) is 17.1 Å². The van der Waals surface area contributed by atoms with Crippen LogP contribution in [0.5, 0.6) is 11.5 Å². The fourth-order valence-corrected chi connectivity index (χ4v) is 2.83. The van der Waals surface area contributed by atoms with Crippen molar-refractivity contribution in [3.05, 3.63) is 48.3 Å². The van der Waals surface area contributed by atoms with E-state index < -0.39 is 0 Å². The third-order valence-electron chi connectivity index (χ3n) is 4.11. The Morgan fingerprint density at radius 3 is 2.79 bits per heavy atom. The zero-order chi connectivity index (χ0) is 20.1. The number of rotatable bonds is 7. The van der Waals surface area contributed by atoms with Crippen LogP contribution in [0, 0.1) is 0 Å². The minimum absolute atomic E-state index is 0.136. The number of pyridine rings is 1. The van der Waals surface area contributed by atoms with Gasteiger partial charge >= 0.3 is 0 Å². The molecule has 0 unspecified atom stereocenters. The highest BCUT2D eigenvalue weighted by Crippen LogP contribution is 2.28. The summed E-state index contributed by atoms with van der Waals surface area (Å²) in [7, 11) is 1.57. The number of benzene rings is 1. The van der Waals surface area contributed by atoms with E-state index in [2.05, 4.69) is 15.4 Å². The van der Waals surface area contributed by atoms with E-state index in [-0.39, 0.29) is 18.6 Å². The Bertz CT molecular complexity index is 1010. The van der Waals surface area contributed by atoms with Gasteiger partial charge in [-0.1, -0.05) is 18.2 Å². The lowest BCUT2D eigenvalue weighted by Gasteiger charge is -2.11. The van der Waals surface area contributed by atoms with Gasteiger partial charge in [0.1, 0.15) is 0 Å². The molecule has 28 heavy (non-hydrogen) atoms. The maximum absolute atomic E-state index is 12.3. The molecule has 0 fully saturated rings. The summed E-state index contributed by atoms with van der Waals surface area (Å²) in [6.07, 6.45) is 7.26. The first-order valence-electron chi connectivity index (χ1n) is 9.08. The van der Waals surface area contributed by atoms with Gasteiger partial charge in [0, 0.05) is 11.4 Å². The highest BCUT2D eigenvalue weighted by molar-refractivity contribution is 5.93. The van der Waals surface area contributed by atoms with E-state index in [1.807, 2.05) is 55.8 Å². The number of amides is 1. The van der Waals surface area contributed by atoms with Crippen molar-refractivity contribution in [3.8, 4) is 11.5 Å². The summed E-state index contributed by atoms with van der Waals surface area (Å²) < 4.78 is 12.8. The predicted octanol–water partition coefficient (Wildman–Crippen LogP) is 4.07. The summed E-state index contributed by atoms with van der Waals surface area (Å²) in [6, 6.07) is 7.61. The van der Waals surface area contributed by atoms with E-state index in [1.54, 1.807) is 25.6 Å². The lowest BCUT2D eigenvalue weighted by Crippen LogP contribution is -2.20. The first-order valence-corrected chi connectivity index (χ1v) is 9.08. The van der Waals surface area contributed by atoms with E-state index >= 15 is 0 Å². The Morgan fingerprint density at radius 2 is 2.07 bits per heavy atom. The summed E-state index contributed by atoms with van der Waals surface area (Å²) in [5.74, 6) is 0.808. The lowest BCUT2D eigenvalue weighted by molar-refractivity contribution is -0.118. The minimum atomic E-state index is -0.281. The van der Waals surface area contributed by atoms with Gasteiger partial charge < -0.3 is 14.8 Å². The van der Waals surface area contributed by atoms with Gasteiger partial charge in [0.2, 0.25) is 0 Å². The molecule has 3 rings (SSSR count). The van der Waals surface area contributed by atoms with Crippen LogP contribution >= 0.6 is 0 Å². The maximum atomic E-state index is 12.3. The van der Waals surface area contributed by atoms with Gasteiger partial charge in [-0.25, -0.2) is 9.67 Å². The number of methoxy groups -OCH3 is 1. The molecule has 7 nitrogen and oxygen atoms in total. The second kappa shape index (κ2) is 8.56. The average Bonchev–Trinajstić information content (AvgIpc) is 3.10. The van der Waals surface area contributed by atoms with Crippen LogP contribution in [-0.2, 0) is 4.79 Å². The number of allylic oxidation sites excluding steroid dienone is 1. The zero-order valence-electron chi connectivity index (χ0n) is 16.5. The van der Waals surface area contributed by atoms with Gasteiger partial charge in [0.25, 0.3) is 5.91 Å². The normalized spacial score (nSPS) is 11.3. The second-order valence-corrected chi connectivity index (χ2v) is 6.57. The number of hydrogen-bond acceptors (Lipinski definition) is 5. The highest BCUT2D eigenvalue weighted by atomic mass is 16.5. The molecule has 0 saturated carbocycles. The van der Waals surface area contributed by atoms with Crippen molar-refractivity contribution in [3.63, 3.8) is 0 Å². The van der Waals surface area contributed by atoms with Crippen molar-refractivity contribution in [2.75, 3.05) is 19.0 Å². The molecule has 0 atom stereocenters. The fourth-order valence-electron chi connectivity index (χ4n) is 2.83. The summed E-state index contributed by atoms with van der Waals surface area (Å²) in [5.41, 5.74) is 2.38. The number of anilines is 1. The van der Waals surface area contributed by atoms with Crippen LogP contribution in [0.15, 0.2) is 42.7 Å². The molecular formula is C21H24N4O3. The van der Waals surface area contributed by atoms with Crippen LogP contribution in [0.3, 0.4) is 0 Å². The number of carbonyl (C=O) groups excluding carboxylic acids is 1. The Morgan fingerprint density at radius 1 is 1.25 bits per heavy atom. The molecule has 0 spiro atoms. The quantitative estimate of drug-likeness (QED) is 0.668. The van der Waals surface area contributed by atoms with Crippen molar-refractivity contribution in [2.45, 2.75) is 26.8 Å². The lowest BCUT2D eigenvalue weighted by atomic mass is 10.2. The van der Waals surface area contributed by atoms with Gasteiger partial charge in [0.15, 0.2) is 23.8 Å². The van der Waals surface area contributed by atoms with E-state index in [0.717, 1.165) is 16.6 Å². The Kier molecular flexibility index (Phi) is 5.93. The van der Waals surface area contributed by atoms with Gasteiger partial charge in [-0.3, -0.25) is 4.79 Å². The van der Waals surface area contributed by atoms with Crippen LogP contribution in [0.4, 0.5) is 5.69 Å². The molecule has 0 radical (unpaired) electrons. The Hall–Kier alpha value is -3.35. The first-order chi connectivity index (χ1) is 13.5. The molecule has 0 aliphatic rings. The molecule has 1 N–H and O–H groups in total. The summed E-state index contributed by atoms with van der Waals surface area (Å²) in [6.45, 7) is 5.89. The third-order valence-corrected chi connectivity index (χ3v) is 4.11. The summed E-state index contributed by atoms with van der Waals surface area (Å²) in [4.78, 5) is 16.7. The molecular weight excluding hydrogens is 356 g/mol. The van der Waals surface area contributed by atoms with Crippen LogP contribution in [-0.4, -0.2) is 34.4 Å². The van der Waals surface area contributed by atoms with Crippen molar-refractivity contribution in [1.82, 2.24) is 14.8 Å². The van der Waals surface area contributed by atoms with Gasteiger partial charge in [-0.15, -0.1) is 0 Å². The molecule has 1 aromatic carbocycles. The van der Waals surface area contributed by atoms with Crippen LogP contribution < -0.4 is 14.8 Å². The fraction of sp³-hybridized carbons (Fsp3) is 0.286. The third kappa shape index (κ3) is 4.31. The van der Waals surface area contributed by atoms with Crippen LogP contribution in [0.1, 0.15) is 32.4 Å². The molecule has 2 aromatic heterocycles. The van der Waals surface area contributed by atoms with Crippen molar-refractivity contribution in [1.29, 1.82) is 0 Å². The summed E-state index contributed by atoms with van der Waals surface area (Å²) >= 11 is 0. The number of nitrogens with one attached hydrogen (secondary N) is 1. The smallest absolute Gasteiger partial charge is 0.262 e. The molecule has 0 bridgehead atoms. The second-order valence-electron chi connectivity index (χ2n) is 6.57. The van der Waals surface area contributed by atoms with Crippen molar-refractivity contribution < 1.29 is 14.3 Å². The Labute approximate surface area is 164 Å². The number of fused-ring (bicyclic) bond motifs is 1. The number of ether oxygens (including phenoxy) is 2. The number of hydrogen-bond donors (Lipinski definition) is 1. The predicted molar refractivity (Wildman–Crippen MR) is 110 cm³/mol.